The molecule has 0 N–H and O–H groups in total. The second-order valence-corrected chi connectivity index (χ2v) is 13.4. The molecule has 0 amide bonds. The molecule has 0 bridgehead atoms. The first kappa shape index (κ1) is 29.5. The van der Waals surface area contributed by atoms with Crippen molar-refractivity contribution in [2.24, 2.45) is 7.05 Å². The average molecular weight is 592 g/mol. The van der Waals surface area contributed by atoms with Gasteiger partial charge in [0.1, 0.15) is 7.05 Å². The van der Waals surface area contributed by atoms with E-state index >= 15 is 0 Å². The third-order valence-corrected chi connectivity index (χ3v) is 11.0. The summed E-state index contributed by atoms with van der Waals surface area (Å²) in [6.45, 7) is 7.11. The van der Waals surface area contributed by atoms with E-state index in [0.29, 0.717) is 5.92 Å². The average Bonchev–Trinajstić information content (AvgIpc) is 3.20. The summed E-state index contributed by atoms with van der Waals surface area (Å²) in [6.07, 6.45) is 15.1. The molecule has 0 fully saturated rings. The van der Waals surface area contributed by atoms with Crippen LogP contribution in [-0.4, -0.2) is 10.4 Å². The number of hydrogen-bond donors (Lipinski definition) is 0. The second-order valence-electron chi connectivity index (χ2n) is 13.4. The van der Waals surface area contributed by atoms with Crippen LogP contribution < -0.4 is 4.57 Å². The van der Waals surface area contributed by atoms with Crippen LogP contribution in [0.3, 0.4) is 0 Å². The predicted molar refractivity (Wildman–Crippen MR) is 189 cm³/mol. The Balaban J connectivity index is 1.39. The number of fused-ring (bicyclic) bond motifs is 6. The van der Waals surface area contributed by atoms with Crippen molar-refractivity contribution < 1.29 is 4.57 Å². The molecule has 2 atom stereocenters. The van der Waals surface area contributed by atoms with Crippen LogP contribution in [0.4, 0.5) is 0 Å². The zero-order valence-electron chi connectivity index (χ0n) is 27.5. The third kappa shape index (κ3) is 5.19. The number of aromatic nitrogens is 1. The highest BCUT2D eigenvalue weighted by atomic mass is 15.2. The van der Waals surface area contributed by atoms with E-state index in [9.17, 15) is 0 Å². The van der Waals surface area contributed by atoms with Gasteiger partial charge in [-0.05, 0) is 101 Å². The van der Waals surface area contributed by atoms with Crippen LogP contribution >= 0.6 is 0 Å². The van der Waals surface area contributed by atoms with Gasteiger partial charge in [-0.3, -0.25) is 0 Å². The van der Waals surface area contributed by atoms with Gasteiger partial charge in [0, 0.05) is 23.9 Å². The lowest BCUT2D eigenvalue weighted by molar-refractivity contribution is -0.660. The highest BCUT2D eigenvalue weighted by molar-refractivity contribution is 5.97. The van der Waals surface area contributed by atoms with Gasteiger partial charge >= 0.3 is 0 Å². The summed E-state index contributed by atoms with van der Waals surface area (Å²) in [5, 5.41) is 2.64. The first-order valence-electron chi connectivity index (χ1n) is 17.2. The quantitative estimate of drug-likeness (QED) is 0.163. The Morgan fingerprint density at radius 3 is 2.38 bits per heavy atom. The van der Waals surface area contributed by atoms with E-state index in [0.717, 1.165) is 32.1 Å². The molecule has 2 aliphatic rings. The highest BCUT2D eigenvalue weighted by Gasteiger charge is 2.45. The zero-order chi connectivity index (χ0) is 31.0. The van der Waals surface area contributed by atoms with Gasteiger partial charge in [0.2, 0.25) is 5.69 Å². The van der Waals surface area contributed by atoms with Gasteiger partial charge in [-0.25, -0.2) is 4.57 Å². The molecule has 3 heterocycles. The molecule has 7 rings (SSSR count). The van der Waals surface area contributed by atoms with Crippen molar-refractivity contribution >= 4 is 16.8 Å². The minimum absolute atomic E-state index is 0.0673. The Morgan fingerprint density at radius 2 is 1.58 bits per heavy atom. The van der Waals surface area contributed by atoms with E-state index in [1.165, 1.54) is 68.3 Å². The van der Waals surface area contributed by atoms with Crippen LogP contribution in [-0.2, 0) is 19.9 Å². The SMILES string of the molecule is CCCCc1ccc2c(c1)C=CN1C2c2ccccc2C(Cc2ccc3ccccc3c2-c2cccc[n+]2C)CC1(CC)CC. The molecule has 2 unspecified atom stereocenters. The molecule has 5 aromatic rings. The van der Waals surface area contributed by atoms with E-state index < -0.39 is 0 Å². The maximum Gasteiger partial charge on any atom is 0.213 e. The molecule has 0 radical (unpaired) electrons. The first-order valence-corrected chi connectivity index (χ1v) is 17.2. The fourth-order valence-electron chi connectivity index (χ4n) is 8.43. The standard InChI is InChI=1S/C43H47N2/c1-5-8-15-31-21-24-38-33(28-31)25-27-45-42(38)39-19-12-11-17-36(39)35(30-43(45,6-2)7-3)29-34-23-22-32-16-9-10-18-37(32)41(34)40-20-13-14-26-44(40)4/h9-14,16-28,35,42H,5-8,15,29-30H2,1-4H3/q+1. The van der Waals surface area contributed by atoms with Crippen LogP contribution in [0.15, 0.2) is 109 Å². The fraction of sp³-hybridized carbons (Fsp3) is 0.326. The summed E-state index contributed by atoms with van der Waals surface area (Å²) < 4.78 is 2.28. The van der Waals surface area contributed by atoms with E-state index in [-0.39, 0.29) is 11.6 Å². The Labute approximate surface area is 270 Å². The van der Waals surface area contributed by atoms with Gasteiger partial charge < -0.3 is 4.90 Å². The molecule has 0 saturated heterocycles. The molecule has 2 aliphatic heterocycles. The summed E-state index contributed by atoms with van der Waals surface area (Å²) in [5.41, 5.74) is 11.5. The lowest BCUT2D eigenvalue weighted by atomic mass is 9.76. The maximum absolute atomic E-state index is 2.76. The number of aryl methyl sites for hydroxylation is 2. The Kier molecular flexibility index (Phi) is 8.08. The number of rotatable bonds is 8. The minimum Gasteiger partial charge on any atom is -0.361 e. The lowest BCUT2D eigenvalue weighted by Crippen LogP contribution is -2.47. The van der Waals surface area contributed by atoms with Gasteiger partial charge in [0.05, 0.1) is 11.6 Å². The zero-order valence-corrected chi connectivity index (χ0v) is 27.5. The van der Waals surface area contributed by atoms with Crippen LogP contribution in [0.1, 0.15) is 98.2 Å². The third-order valence-electron chi connectivity index (χ3n) is 11.0. The maximum atomic E-state index is 2.76. The summed E-state index contributed by atoms with van der Waals surface area (Å²) in [6, 6.07) is 37.2. The molecular weight excluding hydrogens is 544 g/mol. The van der Waals surface area contributed by atoms with Gasteiger partial charge in [-0.15, -0.1) is 0 Å². The molecule has 45 heavy (non-hydrogen) atoms. The lowest BCUT2D eigenvalue weighted by Gasteiger charge is -2.48. The predicted octanol–water partition coefficient (Wildman–Crippen LogP) is 10.3. The van der Waals surface area contributed by atoms with E-state index in [1.807, 2.05) is 0 Å². The molecule has 1 aromatic heterocycles. The molecule has 0 aliphatic carbocycles. The molecule has 2 heteroatoms. The second kappa shape index (κ2) is 12.3. The monoisotopic (exact) mass is 591 g/mol. The molecular formula is C43H47N2+. The van der Waals surface area contributed by atoms with Gasteiger partial charge in [0.15, 0.2) is 6.20 Å². The summed E-state index contributed by atoms with van der Waals surface area (Å²) in [4.78, 5) is 2.76. The molecule has 4 aromatic carbocycles. The summed E-state index contributed by atoms with van der Waals surface area (Å²) >= 11 is 0. The summed E-state index contributed by atoms with van der Waals surface area (Å²) in [7, 11) is 2.18. The number of unbranched alkanes of at least 4 members (excludes halogenated alkanes) is 1. The van der Waals surface area contributed by atoms with E-state index in [1.54, 1.807) is 0 Å². The van der Waals surface area contributed by atoms with Crippen molar-refractivity contribution in [3.05, 3.63) is 143 Å². The Bertz CT molecular complexity index is 1860. The van der Waals surface area contributed by atoms with E-state index in [2.05, 4.69) is 153 Å². The van der Waals surface area contributed by atoms with Crippen molar-refractivity contribution in [1.29, 1.82) is 0 Å². The van der Waals surface area contributed by atoms with Gasteiger partial charge in [-0.1, -0.05) is 106 Å². The first-order chi connectivity index (χ1) is 22.1. The number of hydrogen-bond acceptors (Lipinski definition) is 1. The molecule has 2 nitrogen and oxygen atoms in total. The van der Waals surface area contributed by atoms with Gasteiger partial charge in [0.25, 0.3) is 0 Å². The Hall–Kier alpha value is -4.17. The molecule has 0 saturated carbocycles. The smallest absolute Gasteiger partial charge is 0.213 e. The fourth-order valence-corrected chi connectivity index (χ4v) is 8.43. The number of pyridine rings is 1. The van der Waals surface area contributed by atoms with Crippen LogP contribution in [0, 0.1) is 0 Å². The normalized spacial score (nSPS) is 18.3. The Morgan fingerprint density at radius 1 is 0.800 bits per heavy atom. The van der Waals surface area contributed by atoms with Crippen molar-refractivity contribution in [2.75, 3.05) is 0 Å². The van der Waals surface area contributed by atoms with Crippen molar-refractivity contribution in [2.45, 2.75) is 83.2 Å². The minimum atomic E-state index is 0.0673. The highest BCUT2D eigenvalue weighted by Crippen LogP contribution is 2.52. The largest absolute Gasteiger partial charge is 0.361 e. The number of benzene rings is 4. The van der Waals surface area contributed by atoms with Crippen molar-refractivity contribution in [3.63, 3.8) is 0 Å². The van der Waals surface area contributed by atoms with Crippen molar-refractivity contribution in [1.82, 2.24) is 4.90 Å². The molecule has 228 valence electrons. The van der Waals surface area contributed by atoms with Crippen LogP contribution in [0.25, 0.3) is 28.1 Å². The van der Waals surface area contributed by atoms with Gasteiger partial charge in [-0.2, -0.15) is 0 Å². The van der Waals surface area contributed by atoms with Crippen LogP contribution in [0.2, 0.25) is 0 Å². The van der Waals surface area contributed by atoms with Crippen LogP contribution in [0.5, 0.6) is 0 Å². The van der Waals surface area contributed by atoms with E-state index in [4.69, 9.17) is 0 Å². The van der Waals surface area contributed by atoms with Crippen molar-refractivity contribution in [3.8, 4) is 11.3 Å². The molecule has 0 spiro atoms. The number of nitrogens with zero attached hydrogens (tertiary/aromatic N) is 2. The summed E-state index contributed by atoms with van der Waals surface area (Å²) in [5.74, 6) is 0.404. The topological polar surface area (TPSA) is 7.12 Å².